The Morgan fingerprint density at radius 2 is 2.04 bits per heavy atom. The lowest BCUT2D eigenvalue weighted by Crippen LogP contribution is -1.97. The van der Waals surface area contributed by atoms with Gasteiger partial charge in [0.2, 0.25) is 10.6 Å². The van der Waals surface area contributed by atoms with E-state index < -0.39 is 0 Å². The zero-order chi connectivity index (χ0) is 17.2. The second kappa shape index (κ2) is 6.60. The minimum atomic E-state index is 0.452. The number of fused-ring (bicyclic) bond motifs is 1. The van der Waals surface area contributed by atoms with E-state index in [1.54, 1.807) is 10.9 Å². The van der Waals surface area contributed by atoms with Crippen LogP contribution >= 0.6 is 12.2 Å². The molecule has 0 fully saturated rings. The molecule has 0 saturated carbocycles. The number of nitrogens with zero attached hydrogens (tertiary/aromatic N) is 4. The lowest BCUT2D eigenvalue weighted by atomic mass is 10.1. The Bertz CT molecular complexity index is 1010. The van der Waals surface area contributed by atoms with E-state index in [-0.39, 0.29) is 0 Å². The number of hydrogen-bond acceptors (Lipinski definition) is 4. The fourth-order valence-corrected chi connectivity index (χ4v) is 3.23. The fourth-order valence-electron chi connectivity index (χ4n) is 3.05. The van der Waals surface area contributed by atoms with Gasteiger partial charge in [-0.2, -0.15) is 20.0 Å². The highest BCUT2D eigenvalue weighted by atomic mass is 32.1. The third kappa shape index (κ3) is 3.10. The summed E-state index contributed by atoms with van der Waals surface area (Å²) in [5.74, 6) is 0.646. The molecular formula is C18H18N6S. The number of aryl methyl sites for hydroxylation is 1. The fraction of sp³-hybridized carbons (Fsp3) is 0.222. The molecule has 6 nitrogen and oxygen atoms in total. The summed E-state index contributed by atoms with van der Waals surface area (Å²) in [4.78, 5) is 0. The van der Waals surface area contributed by atoms with Gasteiger partial charge in [0.05, 0.1) is 6.21 Å². The molecule has 0 aliphatic heterocycles. The van der Waals surface area contributed by atoms with Gasteiger partial charge in [-0.05, 0) is 49.5 Å². The zero-order valence-electron chi connectivity index (χ0n) is 13.9. The van der Waals surface area contributed by atoms with E-state index in [1.807, 2.05) is 25.1 Å². The second-order valence-electron chi connectivity index (χ2n) is 6.09. The van der Waals surface area contributed by atoms with Crippen LogP contribution in [0, 0.1) is 4.77 Å². The number of aromatic nitrogens is 5. The van der Waals surface area contributed by atoms with Gasteiger partial charge in [-0.15, -0.1) is 0 Å². The standard InChI is InChI=1S/C18H18N6S/c1-12(10-13-6-3-2-4-7-13)11-19-24-17(22-23-18(24)25)16-14-8-5-9-15(14)20-21-16/h2-4,6-7,10-11H,5,8-9H2,1H3,(H,20,21)(H,23,25)/b12-10-,19-11+. The van der Waals surface area contributed by atoms with Crippen LogP contribution in [0.4, 0.5) is 0 Å². The van der Waals surface area contributed by atoms with Crippen molar-refractivity contribution in [2.75, 3.05) is 0 Å². The normalized spacial score (nSPS) is 14.4. The van der Waals surface area contributed by atoms with E-state index in [1.165, 1.54) is 11.3 Å². The largest absolute Gasteiger partial charge is 0.282 e. The maximum atomic E-state index is 5.33. The molecule has 0 atom stereocenters. The minimum Gasteiger partial charge on any atom is -0.282 e. The van der Waals surface area contributed by atoms with Crippen LogP contribution < -0.4 is 0 Å². The van der Waals surface area contributed by atoms with E-state index in [2.05, 4.69) is 43.7 Å². The van der Waals surface area contributed by atoms with Crippen molar-refractivity contribution in [3.63, 3.8) is 0 Å². The van der Waals surface area contributed by atoms with E-state index in [0.29, 0.717) is 10.6 Å². The van der Waals surface area contributed by atoms with Crippen molar-refractivity contribution in [2.45, 2.75) is 26.2 Å². The summed E-state index contributed by atoms with van der Waals surface area (Å²) in [6.07, 6.45) is 7.05. The van der Waals surface area contributed by atoms with Crippen LogP contribution in [0.1, 0.15) is 30.2 Å². The smallest absolute Gasteiger partial charge is 0.216 e. The average molecular weight is 350 g/mol. The predicted molar refractivity (Wildman–Crippen MR) is 101 cm³/mol. The highest BCUT2D eigenvalue weighted by Crippen LogP contribution is 2.29. The molecule has 2 aromatic heterocycles. The van der Waals surface area contributed by atoms with E-state index in [4.69, 9.17) is 12.2 Å². The third-order valence-electron chi connectivity index (χ3n) is 4.24. The quantitative estimate of drug-likeness (QED) is 0.556. The Labute approximate surface area is 150 Å². The van der Waals surface area contributed by atoms with Crippen LogP contribution in [0.5, 0.6) is 0 Å². The third-order valence-corrected chi connectivity index (χ3v) is 4.50. The topological polar surface area (TPSA) is 74.7 Å². The number of allylic oxidation sites excluding steroid dienone is 1. The Morgan fingerprint density at radius 1 is 1.20 bits per heavy atom. The van der Waals surface area contributed by atoms with Crippen molar-refractivity contribution in [1.29, 1.82) is 0 Å². The van der Waals surface area contributed by atoms with Gasteiger partial charge in [0.1, 0.15) is 5.69 Å². The number of aromatic amines is 2. The molecule has 1 aliphatic rings. The summed E-state index contributed by atoms with van der Waals surface area (Å²) in [7, 11) is 0. The van der Waals surface area contributed by atoms with Crippen molar-refractivity contribution < 1.29 is 0 Å². The molecule has 2 N–H and O–H groups in total. The van der Waals surface area contributed by atoms with Gasteiger partial charge < -0.3 is 0 Å². The average Bonchev–Trinajstić information content (AvgIpc) is 3.30. The molecule has 4 rings (SSSR count). The lowest BCUT2D eigenvalue weighted by Gasteiger charge is -2.00. The van der Waals surface area contributed by atoms with Crippen molar-refractivity contribution in [3.05, 3.63) is 57.5 Å². The van der Waals surface area contributed by atoms with Gasteiger partial charge in [0.15, 0.2) is 0 Å². The van der Waals surface area contributed by atoms with Crippen molar-refractivity contribution >= 4 is 24.5 Å². The molecule has 1 aliphatic carbocycles. The second-order valence-corrected chi connectivity index (χ2v) is 6.48. The van der Waals surface area contributed by atoms with Gasteiger partial charge in [-0.1, -0.05) is 36.4 Å². The molecule has 3 aromatic rings. The molecule has 1 aromatic carbocycles. The van der Waals surface area contributed by atoms with Gasteiger partial charge in [0, 0.05) is 11.3 Å². The molecular weight excluding hydrogens is 332 g/mol. The molecule has 0 radical (unpaired) electrons. The predicted octanol–water partition coefficient (Wildman–Crippen LogP) is 3.76. The highest BCUT2D eigenvalue weighted by Gasteiger charge is 2.23. The molecule has 7 heteroatoms. The first-order valence-electron chi connectivity index (χ1n) is 8.24. The lowest BCUT2D eigenvalue weighted by molar-refractivity contribution is 0.844. The van der Waals surface area contributed by atoms with Crippen LogP contribution in [-0.2, 0) is 12.8 Å². The number of benzene rings is 1. The SMILES string of the molecule is CC(=C/c1ccccc1)/C=N/n1c(-c2n[nH]c3c2CCC3)n[nH]c1=S. The summed E-state index contributed by atoms with van der Waals surface area (Å²) >= 11 is 5.33. The molecule has 0 saturated heterocycles. The molecule has 0 unspecified atom stereocenters. The molecule has 0 bridgehead atoms. The Morgan fingerprint density at radius 3 is 2.88 bits per heavy atom. The number of nitrogens with one attached hydrogen (secondary N) is 2. The van der Waals surface area contributed by atoms with E-state index >= 15 is 0 Å². The minimum absolute atomic E-state index is 0.452. The monoisotopic (exact) mass is 350 g/mol. The van der Waals surface area contributed by atoms with Gasteiger partial charge in [-0.3, -0.25) is 5.10 Å². The van der Waals surface area contributed by atoms with E-state index in [9.17, 15) is 0 Å². The Balaban J connectivity index is 1.66. The van der Waals surface area contributed by atoms with Crippen LogP contribution in [0.25, 0.3) is 17.6 Å². The van der Waals surface area contributed by atoms with Crippen molar-refractivity contribution in [2.24, 2.45) is 5.10 Å². The number of hydrogen-bond donors (Lipinski definition) is 2. The Hall–Kier alpha value is -2.80. The summed E-state index contributed by atoms with van der Waals surface area (Å²) in [5, 5.41) is 19.2. The summed E-state index contributed by atoms with van der Waals surface area (Å²) < 4.78 is 2.08. The number of rotatable bonds is 4. The van der Waals surface area contributed by atoms with Crippen LogP contribution in [0.15, 0.2) is 41.0 Å². The number of H-pyrrole nitrogens is 2. The van der Waals surface area contributed by atoms with Gasteiger partial charge in [0.25, 0.3) is 0 Å². The summed E-state index contributed by atoms with van der Waals surface area (Å²) in [5.41, 5.74) is 5.41. The first-order chi connectivity index (χ1) is 12.2. The molecule has 0 spiro atoms. The van der Waals surface area contributed by atoms with Gasteiger partial charge in [-0.25, -0.2) is 5.10 Å². The summed E-state index contributed by atoms with van der Waals surface area (Å²) in [6, 6.07) is 10.1. The first kappa shape index (κ1) is 15.7. The molecule has 25 heavy (non-hydrogen) atoms. The maximum absolute atomic E-state index is 5.33. The first-order valence-corrected chi connectivity index (χ1v) is 8.65. The Kier molecular flexibility index (Phi) is 4.15. The maximum Gasteiger partial charge on any atom is 0.216 e. The van der Waals surface area contributed by atoms with Crippen LogP contribution in [0.3, 0.4) is 0 Å². The van der Waals surface area contributed by atoms with Gasteiger partial charge >= 0.3 is 0 Å². The van der Waals surface area contributed by atoms with Crippen LogP contribution in [0.2, 0.25) is 0 Å². The molecule has 2 heterocycles. The zero-order valence-corrected chi connectivity index (χ0v) is 14.7. The van der Waals surface area contributed by atoms with Crippen molar-refractivity contribution in [3.8, 4) is 11.5 Å². The summed E-state index contributed by atoms with van der Waals surface area (Å²) in [6.45, 7) is 2.01. The molecule has 0 amide bonds. The van der Waals surface area contributed by atoms with Crippen LogP contribution in [-0.4, -0.2) is 31.3 Å². The highest BCUT2D eigenvalue weighted by molar-refractivity contribution is 7.71. The van der Waals surface area contributed by atoms with Crippen molar-refractivity contribution in [1.82, 2.24) is 25.1 Å². The van der Waals surface area contributed by atoms with E-state index in [0.717, 1.165) is 36.1 Å². The molecule has 126 valence electrons.